The second-order valence-corrected chi connectivity index (χ2v) is 6.11. The molecule has 2 rings (SSSR count). The van der Waals surface area contributed by atoms with Crippen LogP contribution in [0.3, 0.4) is 0 Å². The molecule has 0 aromatic heterocycles. The number of rotatable bonds is 3. The molecule has 0 spiro atoms. The summed E-state index contributed by atoms with van der Waals surface area (Å²) in [5.74, 6) is 0.238. The van der Waals surface area contributed by atoms with Gasteiger partial charge in [-0.15, -0.1) is 0 Å². The molecule has 1 aromatic carbocycles. The van der Waals surface area contributed by atoms with Crippen molar-refractivity contribution in [2.75, 3.05) is 7.11 Å². The maximum Gasteiger partial charge on any atom is 0.141 e. The maximum atomic E-state index is 13.4. The zero-order valence-electron chi connectivity index (χ0n) is 10.1. The summed E-state index contributed by atoms with van der Waals surface area (Å²) in [6, 6.07) is 2.91. The van der Waals surface area contributed by atoms with Crippen molar-refractivity contribution in [3.8, 4) is 5.75 Å². The third-order valence-corrected chi connectivity index (χ3v) is 4.17. The summed E-state index contributed by atoms with van der Waals surface area (Å²) >= 11 is 3.13. The van der Waals surface area contributed by atoms with E-state index < -0.39 is 6.10 Å². The molecule has 2 atom stereocenters. The maximum absolute atomic E-state index is 13.4. The Morgan fingerprint density at radius 1 is 1.53 bits per heavy atom. The Balaban J connectivity index is 2.34. The van der Waals surface area contributed by atoms with Crippen LogP contribution in [0.1, 0.15) is 31.9 Å². The lowest BCUT2D eigenvalue weighted by molar-refractivity contribution is 0.134. The molecule has 2 unspecified atom stereocenters. The first-order chi connectivity index (χ1) is 7.86. The Kier molecular flexibility index (Phi) is 3.21. The van der Waals surface area contributed by atoms with Crippen molar-refractivity contribution in [1.29, 1.82) is 0 Å². The molecule has 1 aliphatic rings. The Hall–Kier alpha value is -0.610. The summed E-state index contributed by atoms with van der Waals surface area (Å²) in [5.41, 5.74) is 0.807. The monoisotopic (exact) mass is 302 g/mol. The van der Waals surface area contributed by atoms with E-state index in [1.54, 1.807) is 6.07 Å². The Morgan fingerprint density at radius 2 is 2.12 bits per heavy atom. The lowest BCUT2D eigenvalue weighted by Gasteiger charge is -2.17. The fraction of sp³-hybridized carbons (Fsp3) is 0.538. The van der Waals surface area contributed by atoms with Crippen molar-refractivity contribution in [1.82, 2.24) is 0 Å². The second kappa shape index (κ2) is 4.25. The molecule has 1 fully saturated rings. The second-order valence-electron chi connectivity index (χ2n) is 5.25. The molecule has 1 saturated carbocycles. The molecule has 0 aliphatic heterocycles. The molecule has 94 valence electrons. The average Bonchev–Trinajstić information content (AvgIpc) is 2.90. The number of hydrogen-bond donors (Lipinski definition) is 1. The van der Waals surface area contributed by atoms with Gasteiger partial charge in [-0.05, 0) is 39.8 Å². The van der Waals surface area contributed by atoms with Crippen LogP contribution in [0.5, 0.6) is 5.75 Å². The fourth-order valence-corrected chi connectivity index (χ4v) is 2.58. The van der Waals surface area contributed by atoms with Gasteiger partial charge in [0, 0.05) is 11.6 Å². The van der Waals surface area contributed by atoms with E-state index in [9.17, 15) is 9.50 Å². The third kappa shape index (κ3) is 2.33. The van der Waals surface area contributed by atoms with Gasteiger partial charge < -0.3 is 9.84 Å². The molecule has 0 saturated heterocycles. The van der Waals surface area contributed by atoms with Gasteiger partial charge in [-0.3, -0.25) is 0 Å². The molecule has 0 bridgehead atoms. The first kappa shape index (κ1) is 12.8. The standard InChI is InChI=1S/C13H16BrFO2/c1-13(2)6-8(13)12(16)7-4-9(14)10(15)5-11(7)17-3/h4-5,8,12,16H,6H2,1-3H3. The molecular formula is C13H16BrFO2. The largest absolute Gasteiger partial charge is 0.496 e. The highest BCUT2D eigenvalue weighted by Crippen LogP contribution is 2.58. The number of ether oxygens (including phenoxy) is 1. The van der Waals surface area contributed by atoms with Crippen molar-refractivity contribution in [2.45, 2.75) is 26.4 Å². The van der Waals surface area contributed by atoms with Crippen molar-refractivity contribution >= 4 is 15.9 Å². The van der Waals surface area contributed by atoms with Gasteiger partial charge in [-0.25, -0.2) is 4.39 Å². The van der Waals surface area contributed by atoms with Crippen LogP contribution >= 0.6 is 15.9 Å². The SMILES string of the molecule is COc1cc(F)c(Br)cc1C(O)C1CC1(C)C. The lowest BCUT2D eigenvalue weighted by Crippen LogP contribution is -2.07. The van der Waals surface area contributed by atoms with Gasteiger partial charge in [0.25, 0.3) is 0 Å². The molecule has 0 amide bonds. The molecule has 0 heterocycles. The summed E-state index contributed by atoms with van der Waals surface area (Å²) in [6.07, 6.45) is 0.378. The zero-order chi connectivity index (χ0) is 12.8. The van der Waals surface area contributed by atoms with Crippen LogP contribution < -0.4 is 4.74 Å². The molecule has 2 nitrogen and oxygen atoms in total. The number of methoxy groups -OCH3 is 1. The molecule has 17 heavy (non-hydrogen) atoms. The normalized spacial score (nSPS) is 23.3. The number of halogens is 2. The minimum Gasteiger partial charge on any atom is -0.496 e. The van der Waals surface area contributed by atoms with Gasteiger partial charge in [0.05, 0.1) is 17.7 Å². The first-order valence-electron chi connectivity index (χ1n) is 5.58. The summed E-state index contributed by atoms with van der Waals surface area (Å²) in [4.78, 5) is 0. The predicted octanol–water partition coefficient (Wildman–Crippen LogP) is 3.68. The Bertz CT molecular complexity index is 445. The molecule has 4 heteroatoms. The Labute approximate surface area is 109 Å². The number of aliphatic hydroxyl groups excluding tert-OH is 1. The lowest BCUT2D eigenvalue weighted by atomic mass is 9.99. The van der Waals surface area contributed by atoms with Crippen molar-refractivity contribution in [3.05, 3.63) is 28.0 Å². The van der Waals surface area contributed by atoms with Crippen LogP contribution in [0.25, 0.3) is 0 Å². The van der Waals surface area contributed by atoms with Crippen molar-refractivity contribution < 1.29 is 14.2 Å². The molecule has 1 N–H and O–H groups in total. The van der Waals surface area contributed by atoms with E-state index in [1.807, 2.05) is 0 Å². The number of aliphatic hydroxyl groups is 1. The topological polar surface area (TPSA) is 29.5 Å². The van der Waals surface area contributed by atoms with Crippen LogP contribution in [0.2, 0.25) is 0 Å². The van der Waals surface area contributed by atoms with Crippen LogP contribution in [-0.4, -0.2) is 12.2 Å². The molecule has 0 radical (unpaired) electrons. The van der Waals surface area contributed by atoms with E-state index >= 15 is 0 Å². The van der Waals surface area contributed by atoms with Gasteiger partial charge in [-0.2, -0.15) is 0 Å². The highest BCUT2D eigenvalue weighted by molar-refractivity contribution is 9.10. The van der Waals surface area contributed by atoms with Crippen LogP contribution in [-0.2, 0) is 0 Å². The molecular weight excluding hydrogens is 287 g/mol. The fourth-order valence-electron chi connectivity index (χ4n) is 2.22. The minimum absolute atomic E-state index is 0.158. The van der Waals surface area contributed by atoms with Gasteiger partial charge in [0.15, 0.2) is 0 Å². The van der Waals surface area contributed by atoms with E-state index in [0.29, 0.717) is 15.8 Å². The van der Waals surface area contributed by atoms with E-state index in [4.69, 9.17) is 4.74 Å². The average molecular weight is 303 g/mol. The summed E-state index contributed by atoms with van der Waals surface area (Å²) < 4.78 is 18.9. The predicted molar refractivity (Wildman–Crippen MR) is 67.5 cm³/mol. The van der Waals surface area contributed by atoms with E-state index in [1.165, 1.54) is 13.2 Å². The van der Waals surface area contributed by atoms with Crippen LogP contribution in [0.15, 0.2) is 16.6 Å². The minimum atomic E-state index is -0.600. The van der Waals surface area contributed by atoms with Crippen molar-refractivity contribution in [2.24, 2.45) is 11.3 Å². The van der Waals surface area contributed by atoms with Crippen molar-refractivity contribution in [3.63, 3.8) is 0 Å². The van der Waals surface area contributed by atoms with Gasteiger partial charge in [0.2, 0.25) is 0 Å². The van der Waals surface area contributed by atoms with E-state index in [2.05, 4.69) is 29.8 Å². The highest BCUT2D eigenvalue weighted by Gasteiger charge is 2.50. The molecule has 1 aliphatic carbocycles. The number of benzene rings is 1. The summed E-state index contributed by atoms with van der Waals surface area (Å²) in [5, 5.41) is 10.3. The first-order valence-corrected chi connectivity index (χ1v) is 6.37. The Morgan fingerprint density at radius 3 is 2.59 bits per heavy atom. The summed E-state index contributed by atoms with van der Waals surface area (Å²) in [6.45, 7) is 4.23. The third-order valence-electron chi connectivity index (χ3n) is 3.56. The quantitative estimate of drug-likeness (QED) is 0.923. The van der Waals surface area contributed by atoms with Gasteiger partial charge in [0.1, 0.15) is 11.6 Å². The van der Waals surface area contributed by atoms with Gasteiger partial charge in [-0.1, -0.05) is 13.8 Å². The van der Waals surface area contributed by atoms with Crippen LogP contribution in [0.4, 0.5) is 4.39 Å². The zero-order valence-corrected chi connectivity index (χ0v) is 11.7. The van der Waals surface area contributed by atoms with E-state index in [0.717, 1.165) is 6.42 Å². The number of hydrogen-bond acceptors (Lipinski definition) is 2. The van der Waals surface area contributed by atoms with Crippen LogP contribution in [0, 0.1) is 17.2 Å². The van der Waals surface area contributed by atoms with E-state index in [-0.39, 0.29) is 17.2 Å². The van der Waals surface area contributed by atoms with Gasteiger partial charge >= 0.3 is 0 Å². The summed E-state index contributed by atoms with van der Waals surface area (Å²) in [7, 11) is 1.48. The highest BCUT2D eigenvalue weighted by atomic mass is 79.9. The molecule has 1 aromatic rings. The smallest absolute Gasteiger partial charge is 0.141 e.